The Bertz CT molecular complexity index is 508. The van der Waals surface area contributed by atoms with Gasteiger partial charge in [0.1, 0.15) is 0 Å². The van der Waals surface area contributed by atoms with E-state index in [0.29, 0.717) is 23.6 Å². The third-order valence-electron chi connectivity index (χ3n) is 4.88. The van der Waals surface area contributed by atoms with Crippen molar-refractivity contribution in [3.8, 4) is 0 Å². The summed E-state index contributed by atoms with van der Waals surface area (Å²) in [4.78, 5) is 12.3. The Kier molecular flexibility index (Phi) is 2.42. The first kappa shape index (κ1) is 11.4. The van der Waals surface area contributed by atoms with Gasteiger partial charge in [-0.25, -0.2) is 0 Å². The van der Waals surface area contributed by atoms with Crippen LogP contribution in [0.15, 0.2) is 4.42 Å². The van der Waals surface area contributed by atoms with E-state index in [2.05, 4.69) is 15.5 Å². The molecule has 1 heterocycles. The summed E-state index contributed by atoms with van der Waals surface area (Å²) in [5, 5.41) is 10.6. The molecule has 0 aromatic carbocycles. The number of nitrogens with zero attached hydrogens (tertiary/aromatic N) is 2. The lowest BCUT2D eigenvalue weighted by Crippen LogP contribution is -2.42. The van der Waals surface area contributed by atoms with Crippen LogP contribution in [0.1, 0.15) is 43.9 Å². The number of rotatable bonds is 3. The Labute approximate surface area is 111 Å². The van der Waals surface area contributed by atoms with Crippen molar-refractivity contribution in [2.24, 2.45) is 23.5 Å². The summed E-state index contributed by atoms with van der Waals surface area (Å²) in [6.07, 6.45) is 5.59. The van der Waals surface area contributed by atoms with Crippen LogP contribution in [-0.4, -0.2) is 22.1 Å². The summed E-state index contributed by atoms with van der Waals surface area (Å²) in [6, 6.07) is 0.214. The van der Waals surface area contributed by atoms with Crippen molar-refractivity contribution in [2.75, 3.05) is 5.32 Å². The Morgan fingerprint density at radius 1 is 1.21 bits per heavy atom. The van der Waals surface area contributed by atoms with Crippen molar-refractivity contribution in [1.29, 1.82) is 0 Å². The molecule has 1 aromatic heterocycles. The van der Waals surface area contributed by atoms with E-state index in [1.165, 1.54) is 6.42 Å². The number of carbonyl (C=O) groups excluding carboxylic acids is 1. The van der Waals surface area contributed by atoms with Gasteiger partial charge in [-0.2, -0.15) is 0 Å². The zero-order valence-electron chi connectivity index (χ0n) is 10.7. The molecule has 3 saturated carbocycles. The molecule has 2 bridgehead atoms. The van der Waals surface area contributed by atoms with Gasteiger partial charge in [-0.3, -0.25) is 10.1 Å². The third kappa shape index (κ3) is 1.85. The summed E-state index contributed by atoms with van der Waals surface area (Å²) in [7, 11) is 0. The van der Waals surface area contributed by atoms with Gasteiger partial charge in [0, 0.05) is 12.0 Å². The molecule has 3 fully saturated rings. The lowest BCUT2D eigenvalue weighted by molar-refractivity contribution is -0.121. The highest BCUT2D eigenvalue weighted by molar-refractivity contribution is 5.91. The first-order chi connectivity index (χ1) is 9.22. The summed E-state index contributed by atoms with van der Waals surface area (Å²) in [6.45, 7) is 0. The highest BCUT2D eigenvalue weighted by Gasteiger charge is 2.49. The molecule has 6 nitrogen and oxygen atoms in total. The zero-order chi connectivity index (χ0) is 13.0. The molecule has 0 saturated heterocycles. The molecule has 0 aliphatic heterocycles. The summed E-state index contributed by atoms with van der Waals surface area (Å²) in [5.74, 6) is 1.87. The molecule has 19 heavy (non-hydrogen) atoms. The number of fused-ring (bicyclic) bond motifs is 2. The Morgan fingerprint density at radius 2 is 2.00 bits per heavy atom. The van der Waals surface area contributed by atoms with E-state index in [9.17, 15) is 4.79 Å². The van der Waals surface area contributed by atoms with Crippen LogP contribution in [-0.2, 0) is 4.79 Å². The second kappa shape index (κ2) is 4.03. The van der Waals surface area contributed by atoms with Crippen LogP contribution < -0.4 is 11.1 Å². The van der Waals surface area contributed by atoms with Gasteiger partial charge in [0.05, 0.1) is 5.92 Å². The minimum atomic E-state index is -0.0879. The van der Waals surface area contributed by atoms with Crippen molar-refractivity contribution >= 4 is 11.9 Å². The van der Waals surface area contributed by atoms with Gasteiger partial charge in [0.2, 0.25) is 11.8 Å². The van der Waals surface area contributed by atoms with E-state index in [4.69, 9.17) is 10.2 Å². The van der Waals surface area contributed by atoms with Gasteiger partial charge in [-0.1, -0.05) is 5.10 Å². The second-order valence-corrected chi connectivity index (χ2v) is 6.15. The number of amides is 1. The standard InChI is InChI=1S/C13H18N4O2/c14-10-8-4-3-7(5-8)9(10)11(18)15-13-17-16-12(19-13)6-1-2-6/h6-10H,1-5,14H2,(H,15,17,18). The fourth-order valence-electron chi connectivity index (χ4n) is 3.69. The predicted octanol–water partition coefficient (Wildman–Crippen LogP) is 1.26. The summed E-state index contributed by atoms with van der Waals surface area (Å²) in [5.41, 5.74) is 6.15. The zero-order valence-corrected chi connectivity index (χ0v) is 10.7. The van der Waals surface area contributed by atoms with E-state index >= 15 is 0 Å². The number of hydrogen-bond donors (Lipinski definition) is 2. The highest BCUT2D eigenvalue weighted by atomic mass is 16.4. The first-order valence-corrected chi connectivity index (χ1v) is 7.12. The lowest BCUT2D eigenvalue weighted by atomic mass is 9.84. The average molecular weight is 262 g/mol. The minimum absolute atomic E-state index is 0.00965. The molecule has 6 heteroatoms. The van der Waals surface area contributed by atoms with Crippen LogP contribution in [0, 0.1) is 17.8 Å². The van der Waals surface area contributed by atoms with Crippen molar-refractivity contribution in [2.45, 2.75) is 44.1 Å². The van der Waals surface area contributed by atoms with Crippen molar-refractivity contribution in [1.82, 2.24) is 10.2 Å². The smallest absolute Gasteiger partial charge is 0.322 e. The monoisotopic (exact) mass is 262 g/mol. The number of nitrogens with one attached hydrogen (secondary N) is 1. The van der Waals surface area contributed by atoms with Gasteiger partial charge in [-0.05, 0) is 43.9 Å². The highest BCUT2D eigenvalue weighted by Crippen LogP contribution is 2.48. The van der Waals surface area contributed by atoms with E-state index in [0.717, 1.165) is 25.7 Å². The largest absolute Gasteiger partial charge is 0.408 e. The number of aromatic nitrogens is 2. The lowest BCUT2D eigenvalue weighted by Gasteiger charge is -2.26. The van der Waals surface area contributed by atoms with Gasteiger partial charge in [0.25, 0.3) is 0 Å². The van der Waals surface area contributed by atoms with Crippen molar-refractivity contribution in [3.63, 3.8) is 0 Å². The number of anilines is 1. The van der Waals surface area contributed by atoms with E-state index in [1.807, 2.05) is 0 Å². The molecular weight excluding hydrogens is 244 g/mol. The Hall–Kier alpha value is -1.43. The molecule has 0 spiro atoms. The van der Waals surface area contributed by atoms with Crippen LogP contribution >= 0.6 is 0 Å². The number of carbonyl (C=O) groups is 1. The second-order valence-electron chi connectivity index (χ2n) is 6.15. The molecule has 1 aromatic rings. The van der Waals surface area contributed by atoms with Gasteiger partial charge in [0.15, 0.2) is 0 Å². The number of nitrogens with two attached hydrogens (primary N) is 1. The topological polar surface area (TPSA) is 94.0 Å². The molecule has 3 N–H and O–H groups in total. The van der Waals surface area contributed by atoms with Gasteiger partial charge >= 0.3 is 6.01 Å². The maximum Gasteiger partial charge on any atom is 0.322 e. The molecule has 0 radical (unpaired) electrons. The first-order valence-electron chi connectivity index (χ1n) is 7.12. The van der Waals surface area contributed by atoms with Crippen molar-refractivity contribution < 1.29 is 9.21 Å². The van der Waals surface area contributed by atoms with Gasteiger partial charge < -0.3 is 10.2 Å². The maximum atomic E-state index is 12.3. The van der Waals surface area contributed by atoms with Gasteiger partial charge in [-0.15, -0.1) is 5.10 Å². The average Bonchev–Trinajstić information content (AvgIpc) is 2.84. The molecule has 1 amide bonds. The maximum absolute atomic E-state index is 12.3. The summed E-state index contributed by atoms with van der Waals surface area (Å²) >= 11 is 0. The summed E-state index contributed by atoms with van der Waals surface area (Å²) < 4.78 is 5.46. The SMILES string of the molecule is NC1C2CCC(C2)C1C(=O)Nc1nnc(C2CC2)o1. The molecule has 4 unspecified atom stereocenters. The molecule has 4 rings (SSSR count). The fourth-order valence-corrected chi connectivity index (χ4v) is 3.69. The quantitative estimate of drug-likeness (QED) is 0.855. The van der Waals surface area contributed by atoms with E-state index in [1.54, 1.807) is 0 Å². The Morgan fingerprint density at radius 3 is 2.68 bits per heavy atom. The minimum Gasteiger partial charge on any atom is -0.408 e. The van der Waals surface area contributed by atoms with Crippen LogP contribution in [0.25, 0.3) is 0 Å². The molecule has 3 aliphatic rings. The van der Waals surface area contributed by atoms with Crippen LogP contribution in [0.3, 0.4) is 0 Å². The Balaban J connectivity index is 1.45. The molecule has 102 valence electrons. The van der Waals surface area contributed by atoms with Crippen LogP contribution in [0.2, 0.25) is 0 Å². The molecule has 3 aliphatic carbocycles. The van der Waals surface area contributed by atoms with E-state index < -0.39 is 0 Å². The fraction of sp³-hybridized carbons (Fsp3) is 0.769. The third-order valence-corrected chi connectivity index (χ3v) is 4.88. The van der Waals surface area contributed by atoms with Crippen LogP contribution in [0.5, 0.6) is 0 Å². The predicted molar refractivity (Wildman–Crippen MR) is 67.2 cm³/mol. The molecular formula is C13H18N4O2. The van der Waals surface area contributed by atoms with E-state index in [-0.39, 0.29) is 23.9 Å². The van der Waals surface area contributed by atoms with Crippen LogP contribution in [0.4, 0.5) is 6.01 Å². The van der Waals surface area contributed by atoms with Crippen molar-refractivity contribution in [3.05, 3.63) is 5.89 Å². The number of hydrogen-bond acceptors (Lipinski definition) is 5. The molecule has 4 atom stereocenters. The normalized spacial score (nSPS) is 36.7.